The summed E-state index contributed by atoms with van der Waals surface area (Å²) in [5.41, 5.74) is 8.78. The summed E-state index contributed by atoms with van der Waals surface area (Å²) in [6.45, 7) is 1.18. The summed E-state index contributed by atoms with van der Waals surface area (Å²) in [6, 6.07) is 10.3. The van der Waals surface area contributed by atoms with E-state index in [2.05, 4.69) is 16.5 Å². The van der Waals surface area contributed by atoms with Crippen molar-refractivity contribution in [1.29, 1.82) is 5.26 Å². The van der Waals surface area contributed by atoms with Crippen LogP contribution in [0.3, 0.4) is 0 Å². The van der Waals surface area contributed by atoms with Crippen molar-refractivity contribution in [3.05, 3.63) is 63.2 Å². The highest BCUT2D eigenvalue weighted by atomic mass is 32.1. The van der Waals surface area contributed by atoms with Gasteiger partial charge in [0.1, 0.15) is 11.9 Å². The van der Waals surface area contributed by atoms with Crippen LogP contribution in [-0.2, 0) is 19.4 Å². The first kappa shape index (κ1) is 20.3. The lowest BCUT2D eigenvalue weighted by molar-refractivity contribution is 0.0939. The molecular weight excluding hydrogens is 401 g/mol. The van der Waals surface area contributed by atoms with E-state index >= 15 is 0 Å². The molecule has 0 saturated carbocycles. The van der Waals surface area contributed by atoms with E-state index in [0.717, 1.165) is 41.1 Å². The Bertz CT molecular complexity index is 1110. The first-order valence-corrected chi connectivity index (χ1v) is 10.7. The van der Waals surface area contributed by atoms with Gasteiger partial charge in [0.25, 0.3) is 5.91 Å². The van der Waals surface area contributed by atoms with Crippen LogP contribution < -0.4 is 11.1 Å². The molecule has 154 valence electrons. The molecule has 1 aliphatic rings. The third kappa shape index (κ3) is 4.13. The van der Waals surface area contributed by atoms with E-state index in [9.17, 15) is 14.4 Å². The number of benzene rings is 1. The van der Waals surface area contributed by atoms with Crippen LogP contribution in [-0.4, -0.2) is 28.3 Å². The normalized spacial score (nSPS) is 13.6. The van der Waals surface area contributed by atoms with Gasteiger partial charge in [0, 0.05) is 23.0 Å². The highest BCUT2D eigenvalue weighted by Crippen LogP contribution is 2.36. The van der Waals surface area contributed by atoms with Gasteiger partial charge in [-0.25, -0.2) is 4.39 Å². The highest BCUT2D eigenvalue weighted by Gasteiger charge is 2.24. The molecule has 1 amide bonds. The number of nitrogens with one attached hydrogen (secondary N) is 1. The Hall–Kier alpha value is -3.02. The van der Waals surface area contributed by atoms with Crippen LogP contribution in [0.1, 0.15) is 38.5 Å². The predicted octanol–water partition coefficient (Wildman–Crippen LogP) is 3.26. The van der Waals surface area contributed by atoms with Crippen molar-refractivity contribution in [2.45, 2.75) is 38.3 Å². The summed E-state index contributed by atoms with van der Waals surface area (Å²) in [4.78, 5) is 14.7. The van der Waals surface area contributed by atoms with Gasteiger partial charge in [-0.1, -0.05) is 12.1 Å². The van der Waals surface area contributed by atoms with Crippen LogP contribution in [0.15, 0.2) is 36.5 Å². The number of nitrogens with two attached hydrogens (primary N) is 1. The van der Waals surface area contributed by atoms with Gasteiger partial charge < -0.3 is 11.1 Å². The molecule has 0 unspecified atom stereocenters. The maximum atomic E-state index is 13.5. The molecule has 0 radical (unpaired) electrons. The van der Waals surface area contributed by atoms with Crippen molar-refractivity contribution < 1.29 is 9.18 Å². The number of aromatic nitrogens is 2. The van der Waals surface area contributed by atoms with Crippen LogP contribution >= 0.6 is 11.3 Å². The Morgan fingerprint density at radius 2 is 2.30 bits per heavy atom. The molecule has 6 nitrogen and oxygen atoms in total. The van der Waals surface area contributed by atoms with Gasteiger partial charge >= 0.3 is 0 Å². The van der Waals surface area contributed by atoms with Gasteiger partial charge in [0.05, 0.1) is 22.3 Å². The fraction of sp³-hybridized carbons (Fsp3) is 0.318. The first-order valence-electron chi connectivity index (χ1n) is 9.93. The second kappa shape index (κ2) is 8.78. The summed E-state index contributed by atoms with van der Waals surface area (Å²) >= 11 is 1.46. The monoisotopic (exact) mass is 423 g/mol. The number of carbonyl (C=O) groups is 1. The molecule has 0 fully saturated rings. The largest absolute Gasteiger partial charge is 0.348 e. The summed E-state index contributed by atoms with van der Waals surface area (Å²) in [5.74, 6) is -0.468. The Morgan fingerprint density at radius 1 is 1.43 bits per heavy atom. The lowest BCUT2D eigenvalue weighted by Crippen LogP contribution is -2.37. The minimum atomic E-state index is -0.294. The van der Waals surface area contributed by atoms with E-state index < -0.39 is 0 Å². The van der Waals surface area contributed by atoms with Crippen molar-refractivity contribution in [2.24, 2.45) is 5.73 Å². The summed E-state index contributed by atoms with van der Waals surface area (Å²) in [7, 11) is 0. The molecule has 2 aromatic heterocycles. The fourth-order valence-electron chi connectivity index (χ4n) is 3.87. The number of amides is 1. The zero-order chi connectivity index (χ0) is 21.1. The Labute approximate surface area is 178 Å². The standard InChI is InChI=1S/C22H22FN5OS/c23-16-4-1-3-14(9-16)10-17(6-7-24)27-22(29)20-11-18-19(30-20)5-2-8-28-21(18)15(12-25)13-26-28/h1,3-4,9,11,13,17H,2,5-8,10,24H2,(H,27,29)/t17-/m1/s1. The van der Waals surface area contributed by atoms with Gasteiger partial charge in [0.2, 0.25) is 0 Å². The smallest absolute Gasteiger partial charge is 0.261 e. The molecule has 0 aliphatic carbocycles. The molecule has 0 spiro atoms. The van der Waals surface area contributed by atoms with E-state index in [1.807, 2.05) is 16.8 Å². The topological polar surface area (TPSA) is 96.7 Å². The Morgan fingerprint density at radius 3 is 3.07 bits per heavy atom. The molecule has 8 heteroatoms. The molecule has 3 N–H and O–H groups in total. The number of carbonyl (C=O) groups excluding carboxylic acids is 1. The maximum absolute atomic E-state index is 13.5. The van der Waals surface area contributed by atoms with Gasteiger partial charge in [0.15, 0.2) is 0 Å². The average molecular weight is 424 g/mol. The van der Waals surface area contributed by atoms with Crippen LogP contribution in [0, 0.1) is 17.1 Å². The van der Waals surface area contributed by atoms with Gasteiger partial charge in [-0.3, -0.25) is 9.48 Å². The lowest BCUT2D eigenvalue weighted by Gasteiger charge is -2.18. The SMILES string of the molecule is N#Cc1cnn2c1-c1cc(C(=O)N[C@H](CCN)Cc3cccc(F)c3)sc1CCC2. The maximum Gasteiger partial charge on any atom is 0.261 e. The van der Waals surface area contributed by atoms with Crippen molar-refractivity contribution in [3.63, 3.8) is 0 Å². The third-order valence-corrected chi connectivity index (χ3v) is 6.44. The quantitative estimate of drug-likeness (QED) is 0.636. The number of hydrogen-bond donors (Lipinski definition) is 2. The van der Waals surface area contributed by atoms with Crippen molar-refractivity contribution in [2.75, 3.05) is 6.54 Å². The van der Waals surface area contributed by atoms with Crippen molar-refractivity contribution in [1.82, 2.24) is 15.1 Å². The third-order valence-electron chi connectivity index (χ3n) is 5.24. The highest BCUT2D eigenvalue weighted by molar-refractivity contribution is 7.14. The minimum absolute atomic E-state index is 0.174. The van der Waals surface area contributed by atoms with E-state index in [4.69, 9.17) is 5.73 Å². The molecule has 4 rings (SSSR count). The lowest BCUT2D eigenvalue weighted by atomic mass is 10.0. The molecule has 0 bridgehead atoms. The number of nitrogens with zero attached hydrogens (tertiary/aromatic N) is 3. The van der Waals surface area contributed by atoms with Crippen LogP contribution in [0.25, 0.3) is 11.3 Å². The van der Waals surface area contributed by atoms with Gasteiger partial charge in [-0.2, -0.15) is 10.4 Å². The van der Waals surface area contributed by atoms with E-state index in [1.54, 1.807) is 12.3 Å². The first-order chi connectivity index (χ1) is 14.6. The van der Waals surface area contributed by atoms with Gasteiger partial charge in [-0.15, -0.1) is 11.3 Å². The van der Waals surface area contributed by atoms with Crippen molar-refractivity contribution in [3.8, 4) is 17.3 Å². The second-order valence-corrected chi connectivity index (χ2v) is 8.51. The fourth-order valence-corrected chi connectivity index (χ4v) is 4.97. The number of thiophene rings is 1. The minimum Gasteiger partial charge on any atom is -0.348 e. The molecule has 1 aromatic carbocycles. The second-order valence-electron chi connectivity index (χ2n) is 7.37. The predicted molar refractivity (Wildman–Crippen MR) is 114 cm³/mol. The molecule has 3 heterocycles. The van der Waals surface area contributed by atoms with Crippen LogP contribution in [0.2, 0.25) is 0 Å². The Kier molecular flexibility index (Phi) is 5.93. The Balaban J connectivity index is 1.57. The molecule has 1 atom stereocenters. The summed E-state index contributed by atoms with van der Waals surface area (Å²) < 4.78 is 15.4. The number of hydrogen-bond acceptors (Lipinski definition) is 5. The van der Waals surface area contributed by atoms with Gasteiger partial charge in [-0.05, 0) is 56.0 Å². The van der Waals surface area contributed by atoms with E-state index in [0.29, 0.717) is 29.8 Å². The molecule has 30 heavy (non-hydrogen) atoms. The number of halogens is 1. The van der Waals surface area contributed by atoms with E-state index in [-0.39, 0.29) is 17.8 Å². The zero-order valence-corrected chi connectivity index (χ0v) is 17.2. The number of aryl methyl sites for hydroxylation is 2. The zero-order valence-electron chi connectivity index (χ0n) is 16.4. The number of rotatable bonds is 6. The average Bonchev–Trinajstić information content (AvgIpc) is 3.28. The summed E-state index contributed by atoms with van der Waals surface area (Å²) in [5, 5.41) is 16.8. The molecule has 0 saturated heterocycles. The van der Waals surface area contributed by atoms with E-state index in [1.165, 1.54) is 23.5 Å². The number of fused-ring (bicyclic) bond motifs is 3. The van der Waals surface area contributed by atoms with Crippen LogP contribution in [0.5, 0.6) is 0 Å². The van der Waals surface area contributed by atoms with Crippen molar-refractivity contribution >= 4 is 17.2 Å². The number of nitriles is 1. The molecular formula is C22H22FN5OS. The molecule has 1 aliphatic heterocycles. The van der Waals surface area contributed by atoms with Crippen LogP contribution in [0.4, 0.5) is 4.39 Å². The molecule has 3 aromatic rings. The summed E-state index contributed by atoms with van der Waals surface area (Å²) in [6.07, 6.45) is 4.44.